The molecular weight excluding hydrogens is 278 g/mol. The van der Waals surface area contributed by atoms with Gasteiger partial charge in [-0.25, -0.2) is 0 Å². The highest BCUT2D eigenvalue weighted by molar-refractivity contribution is 6.45. The van der Waals surface area contributed by atoms with Crippen molar-refractivity contribution in [1.29, 1.82) is 5.26 Å². The molecule has 1 amide bonds. The van der Waals surface area contributed by atoms with Crippen LogP contribution >= 0.6 is 0 Å². The molecule has 9 heteroatoms. The lowest BCUT2D eigenvalue weighted by Gasteiger charge is -2.03. The van der Waals surface area contributed by atoms with E-state index in [1.54, 1.807) is 6.07 Å². The summed E-state index contributed by atoms with van der Waals surface area (Å²) in [6.07, 6.45) is 0. The van der Waals surface area contributed by atoms with E-state index in [0.29, 0.717) is 12.3 Å². The van der Waals surface area contributed by atoms with Gasteiger partial charge in [0.15, 0.2) is 0 Å². The van der Waals surface area contributed by atoms with Crippen LogP contribution in [0.2, 0.25) is 0 Å². The fourth-order valence-corrected chi connectivity index (χ4v) is 1.26. The number of carbonyl (C=O) groups excluding carboxylic acids is 1. The van der Waals surface area contributed by atoms with Crippen molar-refractivity contribution in [2.24, 2.45) is 5.10 Å². The molecule has 0 unspecified atom stereocenters. The quantitative estimate of drug-likeness (QED) is 0.328. The highest BCUT2D eigenvalue weighted by Crippen LogP contribution is 2.15. The van der Waals surface area contributed by atoms with E-state index in [1.165, 1.54) is 31.4 Å². The monoisotopic (exact) mass is 291 g/mol. The zero-order chi connectivity index (χ0) is 15.7. The number of hydrazone groups is 1. The maximum atomic E-state index is 11.6. The minimum absolute atomic E-state index is 0.0673. The molecule has 0 aromatic heterocycles. The highest BCUT2D eigenvalue weighted by Gasteiger charge is 2.10. The number of hydrogen-bond donors (Lipinski definition) is 2. The highest BCUT2D eigenvalue weighted by atomic mass is 16.6. The molecule has 1 rings (SSSR count). The molecule has 110 valence electrons. The third-order valence-corrected chi connectivity index (χ3v) is 2.29. The summed E-state index contributed by atoms with van der Waals surface area (Å²) < 4.78 is 4.76. The SMILES string of the molecule is COCCNC(=O)/C(C#N)=N\Nc1ccc([N+](=O)[O-])cc1. The van der Waals surface area contributed by atoms with Gasteiger partial charge in [-0.1, -0.05) is 0 Å². The van der Waals surface area contributed by atoms with Crippen LogP contribution in [0.1, 0.15) is 0 Å². The number of nitro groups is 1. The Morgan fingerprint density at radius 3 is 2.67 bits per heavy atom. The summed E-state index contributed by atoms with van der Waals surface area (Å²) in [6, 6.07) is 7.05. The second kappa shape index (κ2) is 8.23. The van der Waals surface area contributed by atoms with Crippen molar-refractivity contribution >= 4 is 23.0 Å². The molecule has 0 spiro atoms. The summed E-state index contributed by atoms with van der Waals surface area (Å²) in [6.45, 7) is 0.577. The number of amides is 1. The van der Waals surface area contributed by atoms with Crippen molar-refractivity contribution in [2.75, 3.05) is 25.7 Å². The first-order chi connectivity index (χ1) is 10.1. The number of benzene rings is 1. The summed E-state index contributed by atoms with van der Waals surface area (Å²) >= 11 is 0. The fraction of sp³-hybridized carbons (Fsp3) is 0.250. The fourth-order valence-electron chi connectivity index (χ4n) is 1.26. The molecule has 0 radical (unpaired) electrons. The molecule has 2 N–H and O–H groups in total. The van der Waals surface area contributed by atoms with Gasteiger partial charge in [0.05, 0.1) is 17.2 Å². The van der Waals surface area contributed by atoms with E-state index < -0.39 is 10.8 Å². The molecule has 0 aliphatic heterocycles. The van der Waals surface area contributed by atoms with Crippen LogP contribution in [-0.4, -0.2) is 36.8 Å². The lowest BCUT2D eigenvalue weighted by atomic mass is 10.3. The van der Waals surface area contributed by atoms with Crippen molar-refractivity contribution in [3.8, 4) is 6.07 Å². The Bertz CT molecular complexity index is 576. The molecule has 21 heavy (non-hydrogen) atoms. The van der Waals surface area contributed by atoms with Gasteiger partial charge in [-0.2, -0.15) is 10.4 Å². The van der Waals surface area contributed by atoms with Crippen molar-refractivity contribution in [2.45, 2.75) is 0 Å². The van der Waals surface area contributed by atoms with E-state index in [2.05, 4.69) is 15.8 Å². The molecule has 1 aromatic carbocycles. The number of carbonyl (C=O) groups is 1. The average molecular weight is 291 g/mol. The molecule has 0 bridgehead atoms. The number of nitrogens with zero attached hydrogens (tertiary/aromatic N) is 3. The van der Waals surface area contributed by atoms with Crippen LogP contribution in [0.25, 0.3) is 0 Å². The minimum atomic E-state index is -0.635. The number of anilines is 1. The summed E-state index contributed by atoms with van der Waals surface area (Å²) in [4.78, 5) is 21.5. The number of nitriles is 1. The van der Waals surface area contributed by atoms with Crippen LogP contribution in [0, 0.1) is 21.4 Å². The molecule has 0 aliphatic carbocycles. The molecule has 0 fully saturated rings. The second-order valence-corrected chi connectivity index (χ2v) is 3.74. The zero-order valence-corrected chi connectivity index (χ0v) is 11.2. The van der Waals surface area contributed by atoms with E-state index in [-0.39, 0.29) is 17.9 Å². The molecule has 9 nitrogen and oxygen atoms in total. The van der Waals surface area contributed by atoms with Gasteiger partial charge in [-0.15, -0.1) is 0 Å². The van der Waals surface area contributed by atoms with Crippen LogP contribution in [0.5, 0.6) is 0 Å². The maximum Gasteiger partial charge on any atom is 0.282 e. The van der Waals surface area contributed by atoms with Crippen molar-refractivity contribution in [1.82, 2.24) is 5.32 Å². The van der Waals surface area contributed by atoms with Crippen LogP contribution in [0.15, 0.2) is 29.4 Å². The number of methoxy groups -OCH3 is 1. The average Bonchev–Trinajstić information content (AvgIpc) is 2.48. The van der Waals surface area contributed by atoms with Crippen LogP contribution < -0.4 is 10.7 Å². The lowest BCUT2D eigenvalue weighted by Crippen LogP contribution is -2.33. The van der Waals surface area contributed by atoms with Gasteiger partial charge in [-0.05, 0) is 12.1 Å². The van der Waals surface area contributed by atoms with E-state index >= 15 is 0 Å². The predicted octanol–water partition coefficient (Wildman–Crippen LogP) is 0.649. The van der Waals surface area contributed by atoms with Gasteiger partial charge in [0.2, 0.25) is 5.71 Å². The first-order valence-electron chi connectivity index (χ1n) is 5.84. The largest absolute Gasteiger partial charge is 0.383 e. The van der Waals surface area contributed by atoms with E-state index in [1.807, 2.05) is 0 Å². The zero-order valence-electron chi connectivity index (χ0n) is 11.2. The van der Waals surface area contributed by atoms with E-state index in [0.717, 1.165) is 0 Å². The van der Waals surface area contributed by atoms with E-state index in [9.17, 15) is 14.9 Å². The molecule has 0 aliphatic rings. The molecular formula is C12H13N5O4. The molecule has 1 aromatic rings. The Labute approximate surface area is 120 Å². The maximum absolute atomic E-state index is 11.6. The topological polar surface area (TPSA) is 130 Å². The van der Waals surface area contributed by atoms with Crippen LogP contribution in [0.3, 0.4) is 0 Å². The Morgan fingerprint density at radius 1 is 1.48 bits per heavy atom. The van der Waals surface area contributed by atoms with Crippen molar-refractivity contribution < 1.29 is 14.5 Å². The number of nitro benzene ring substituents is 1. The summed E-state index contributed by atoms with van der Waals surface area (Å²) in [7, 11) is 1.49. The smallest absolute Gasteiger partial charge is 0.282 e. The summed E-state index contributed by atoms with van der Waals surface area (Å²) in [5.74, 6) is -0.635. The Hall–Kier alpha value is -2.99. The first-order valence-corrected chi connectivity index (χ1v) is 5.84. The van der Waals surface area contributed by atoms with Gasteiger partial charge in [0.25, 0.3) is 11.6 Å². The number of non-ortho nitro benzene ring substituents is 1. The third kappa shape index (κ3) is 5.25. The Kier molecular flexibility index (Phi) is 6.30. The van der Waals surface area contributed by atoms with Crippen LogP contribution in [0.4, 0.5) is 11.4 Å². The molecule has 0 heterocycles. The van der Waals surface area contributed by atoms with E-state index in [4.69, 9.17) is 10.00 Å². The minimum Gasteiger partial charge on any atom is -0.383 e. The number of nitrogens with one attached hydrogen (secondary N) is 2. The standard InChI is InChI=1S/C12H13N5O4/c1-21-7-6-14-12(18)11(8-13)16-15-9-2-4-10(5-3-9)17(19)20/h2-5,15H,6-7H2,1H3,(H,14,18)/b16-11-. The number of hydrogen-bond acceptors (Lipinski definition) is 7. The van der Waals surface area contributed by atoms with Gasteiger partial charge >= 0.3 is 0 Å². The predicted molar refractivity (Wildman–Crippen MR) is 74.7 cm³/mol. The number of rotatable bonds is 7. The first kappa shape index (κ1) is 16.1. The lowest BCUT2D eigenvalue weighted by molar-refractivity contribution is -0.384. The normalized spacial score (nSPS) is 10.6. The summed E-state index contributed by atoms with van der Waals surface area (Å²) in [5.41, 5.74) is 2.47. The van der Waals surface area contributed by atoms with Crippen LogP contribution in [-0.2, 0) is 9.53 Å². The van der Waals surface area contributed by atoms with Gasteiger partial charge < -0.3 is 10.1 Å². The Balaban J connectivity index is 2.65. The summed E-state index contributed by atoms with van der Waals surface area (Å²) in [5, 5.41) is 25.4. The molecule has 0 atom stereocenters. The molecule has 0 saturated heterocycles. The number of ether oxygens (including phenoxy) is 1. The van der Waals surface area contributed by atoms with Gasteiger partial charge in [-0.3, -0.25) is 20.3 Å². The Morgan fingerprint density at radius 2 is 2.14 bits per heavy atom. The van der Waals surface area contributed by atoms with Crippen molar-refractivity contribution in [3.63, 3.8) is 0 Å². The van der Waals surface area contributed by atoms with Crippen molar-refractivity contribution in [3.05, 3.63) is 34.4 Å². The van der Waals surface area contributed by atoms with Gasteiger partial charge in [0, 0.05) is 25.8 Å². The van der Waals surface area contributed by atoms with Gasteiger partial charge in [0.1, 0.15) is 6.07 Å². The second-order valence-electron chi connectivity index (χ2n) is 3.74. The third-order valence-electron chi connectivity index (χ3n) is 2.29. The molecule has 0 saturated carbocycles.